The minimum atomic E-state index is 0.243. The van der Waals surface area contributed by atoms with Crippen LogP contribution in [0.4, 0.5) is 0 Å². The first kappa shape index (κ1) is 15.3. The molecule has 0 amide bonds. The van der Waals surface area contributed by atoms with Gasteiger partial charge in [0.2, 0.25) is 0 Å². The van der Waals surface area contributed by atoms with Crippen LogP contribution in [0.25, 0.3) is 11.1 Å². The third-order valence-electron chi connectivity index (χ3n) is 4.08. The van der Waals surface area contributed by atoms with E-state index >= 15 is 0 Å². The zero-order valence-electron chi connectivity index (χ0n) is 12.9. The number of hydrogen-bond donors (Lipinski definition) is 2. The molecular formula is C20H20N2O. The predicted molar refractivity (Wildman–Crippen MR) is 93.3 cm³/mol. The molecule has 3 rings (SSSR count). The van der Waals surface area contributed by atoms with Gasteiger partial charge in [-0.05, 0) is 59.5 Å². The molecule has 3 heteroatoms. The van der Waals surface area contributed by atoms with Crippen LogP contribution in [0.1, 0.15) is 23.5 Å². The molecule has 1 heterocycles. The summed E-state index contributed by atoms with van der Waals surface area (Å²) in [5.74, 6) is 0.528. The fourth-order valence-corrected chi connectivity index (χ4v) is 2.85. The average Bonchev–Trinajstić information content (AvgIpc) is 2.62. The highest BCUT2D eigenvalue weighted by Gasteiger charge is 2.13. The van der Waals surface area contributed by atoms with Gasteiger partial charge in [-0.2, -0.15) is 0 Å². The second kappa shape index (κ2) is 7.07. The van der Waals surface area contributed by atoms with Crippen LogP contribution in [0, 0.1) is 0 Å². The highest BCUT2D eigenvalue weighted by Crippen LogP contribution is 2.30. The molecule has 0 aliphatic carbocycles. The topological polar surface area (TPSA) is 59.1 Å². The van der Waals surface area contributed by atoms with Gasteiger partial charge in [0.15, 0.2) is 0 Å². The molecule has 1 atom stereocenters. The van der Waals surface area contributed by atoms with Crippen molar-refractivity contribution in [1.29, 1.82) is 0 Å². The van der Waals surface area contributed by atoms with E-state index < -0.39 is 0 Å². The monoisotopic (exact) mass is 304 g/mol. The van der Waals surface area contributed by atoms with Crippen molar-refractivity contribution < 1.29 is 5.11 Å². The Morgan fingerprint density at radius 2 is 1.30 bits per heavy atom. The normalized spacial score (nSPS) is 12.0. The van der Waals surface area contributed by atoms with E-state index in [0.717, 1.165) is 12.0 Å². The molecule has 1 unspecified atom stereocenters. The van der Waals surface area contributed by atoms with E-state index in [1.165, 1.54) is 16.7 Å². The molecule has 0 spiro atoms. The van der Waals surface area contributed by atoms with Gasteiger partial charge in [-0.25, -0.2) is 0 Å². The first-order valence-electron chi connectivity index (χ1n) is 7.77. The molecule has 0 radical (unpaired) electrons. The van der Waals surface area contributed by atoms with Gasteiger partial charge in [0.05, 0.1) is 0 Å². The van der Waals surface area contributed by atoms with Gasteiger partial charge in [0, 0.05) is 18.3 Å². The summed E-state index contributed by atoms with van der Waals surface area (Å²) in [7, 11) is 0. The van der Waals surface area contributed by atoms with Crippen molar-refractivity contribution in [3.63, 3.8) is 0 Å². The van der Waals surface area contributed by atoms with E-state index in [4.69, 9.17) is 5.73 Å². The van der Waals surface area contributed by atoms with E-state index in [9.17, 15) is 5.11 Å². The lowest BCUT2D eigenvalue weighted by molar-refractivity contribution is 0.475. The summed E-state index contributed by atoms with van der Waals surface area (Å²) in [6.45, 7) is 0.623. The summed E-state index contributed by atoms with van der Waals surface area (Å²) in [6.07, 6.45) is 4.48. The number of phenols is 1. The Hall–Kier alpha value is -2.65. The Kier molecular flexibility index (Phi) is 4.69. The van der Waals surface area contributed by atoms with E-state index in [-0.39, 0.29) is 11.7 Å². The number of hydrogen-bond acceptors (Lipinski definition) is 3. The summed E-state index contributed by atoms with van der Waals surface area (Å²) in [4.78, 5) is 4.05. The second-order valence-corrected chi connectivity index (χ2v) is 5.58. The van der Waals surface area contributed by atoms with Crippen LogP contribution in [-0.2, 0) is 0 Å². The molecule has 1 aromatic heterocycles. The molecule has 0 saturated heterocycles. The fourth-order valence-electron chi connectivity index (χ4n) is 2.85. The molecule has 3 N–H and O–H groups in total. The minimum Gasteiger partial charge on any atom is -0.508 e. The highest BCUT2D eigenvalue weighted by atomic mass is 16.3. The molecule has 2 aromatic carbocycles. The van der Waals surface area contributed by atoms with E-state index in [1.54, 1.807) is 24.5 Å². The second-order valence-electron chi connectivity index (χ2n) is 5.58. The van der Waals surface area contributed by atoms with Gasteiger partial charge < -0.3 is 10.8 Å². The zero-order valence-corrected chi connectivity index (χ0v) is 12.9. The molecule has 3 aromatic rings. The molecular weight excluding hydrogens is 284 g/mol. The van der Waals surface area contributed by atoms with Crippen molar-refractivity contribution >= 4 is 0 Å². The number of pyridine rings is 1. The molecule has 0 aliphatic heterocycles. The van der Waals surface area contributed by atoms with Crippen LogP contribution in [0.3, 0.4) is 0 Å². The first-order valence-corrected chi connectivity index (χ1v) is 7.77. The highest BCUT2D eigenvalue weighted by molar-refractivity contribution is 5.63. The van der Waals surface area contributed by atoms with E-state index in [0.29, 0.717) is 6.54 Å². The van der Waals surface area contributed by atoms with Crippen molar-refractivity contribution in [1.82, 2.24) is 4.98 Å². The minimum absolute atomic E-state index is 0.243. The van der Waals surface area contributed by atoms with Crippen molar-refractivity contribution in [2.45, 2.75) is 12.3 Å². The Morgan fingerprint density at radius 1 is 0.783 bits per heavy atom. The van der Waals surface area contributed by atoms with Crippen LogP contribution < -0.4 is 5.73 Å². The molecule has 3 nitrogen and oxygen atoms in total. The van der Waals surface area contributed by atoms with Crippen molar-refractivity contribution in [3.05, 3.63) is 84.2 Å². The maximum atomic E-state index is 9.47. The zero-order chi connectivity index (χ0) is 16.1. The quantitative estimate of drug-likeness (QED) is 0.750. The lowest BCUT2D eigenvalue weighted by Gasteiger charge is -2.18. The maximum Gasteiger partial charge on any atom is 0.115 e. The summed E-state index contributed by atoms with van der Waals surface area (Å²) >= 11 is 0. The van der Waals surface area contributed by atoms with Gasteiger partial charge in [-0.3, -0.25) is 4.98 Å². The van der Waals surface area contributed by atoms with E-state index in [2.05, 4.69) is 29.2 Å². The number of rotatable bonds is 5. The molecule has 116 valence electrons. The Labute approximate surface area is 136 Å². The number of aromatic hydroxyl groups is 1. The van der Waals surface area contributed by atoms with Gasteiger partial charge in [0.1, 0.15) is 5.75 Å². The smallest absolute Gasteiger partial charge is 0.115 e. The first-order chi connectivity index (χ1) is 11.3. The van der Waals surface area contributed by atoms with Crippen LogP contribution in [0.5, 0.6) is 5.75 Å². The summed E-state index contributed by atoms with van der Waals surface area (Å²) in [6, 6.07) is 20.0. The number of phenolic OH excluding ortho intramolecular Hbond substituents is 1. The van der Waals surface area contributed by atoms with Crippen molar-refractivity contribution in [2.24, 2.45) is 5.73 Å². The van der Waals surface area contributed by atoms with Gasteiger partial charge in [-0.15, -0.1) is 0 Å². The number of aromatic nitrogens is 1. The van der Waals surface area contributed by atoms with E-state index in [1.807, 2.05) is 24.3 Å². The van der Waals surface area contributed by atoms with Gasteiger partial charge >= 0.3 is 0 Å². The number of benzene rings is 2. The molecule has 0 saturated carbocycles. The Balaban J connectivity index is 1.90. The average molecular weight is 304 g/mol. The van der Waals surface area contributed by atoms with Crippen LogP contribution in [-0.4, -0.2) is 16.6 Å². The van der Waals surface area contributed by atoms with Gasteiger partial charge in [-0.1, -0.05) is 36.4 Å². The molecule has 23 heavy (non-hydrogen) atoms. The maximum absolute atomic E-state index is 9.47. The van der Waals surface area contributed by atoms with Crippen LogP contribution in [0.15, 0.2) is 73.1 Å². The number of nitrogens with zero attached hydrogens (tertiary/aromatic N) is 1. The van der Waals surface area contributed by atoms with Crippen LogP contribution in [0.2, 0.25) is 0 Å². The van der Waals surface area contributed by atoms with Crippen molar-refractivity contribution in [2.75, 3.05) is 6.54 Å². The predicted octanol–water partition coefficient (Wildman–Crippen LogP) is 3.93. The summed E-state index contributed by atoms with van der Waals surface area (Å²) < 4.78 is 0. The lowest BCUT2D eigenvalue weighted by Crippen LogP contribution is -2.08. The fraction of sp³-hybridized carbons (Fsp3) is 0.150. The standard InChI is InChI=1S/C20H20N2O/c21-12-9-20(18-5-7-19(23)8-6-18)17-3-1-15(2-4-17)16-10-13-22-14-11-16/h1-8,10-11,13-14,20,23H,9,12,21H2. The Morgan fingerprint density at radius 3 is 1.87 bits per heavy atom. The lowest BCUT2D eigenvalue weighted by atomic mass is 9.87. The molecule has 0 bridgehead atoms. The third kappa shape index (κ3) is 3.58. The largest absolute Gasteiger partial charge is 0.508 e. The SMILES string of the molecule is NCCC(c1ccc(O)cc1)c1ccc(-c2ccncc2)cc1. The number of nitrogens with two attached hydrogens (primary N) is 1. The summed E-state index contributed by atoms with van der Waals surface area (Å²) in [5, 5.41) is 9.47. The summed E-state index contributed by atoms with van der Waals surface area (Å²) in [5.41, 5.74) is 10.5. The molecule has 0 aliphatic rings. The van der Waals surface area contributed by atoms with Crippen molar-refractivity contribution in [3.8, 4) is 16.9 Å². The Bertz CT molecular complexity index is 737. The molecule has 0 fully saturated rings. The van der Waals surface area contributed by atoms with Crippen LogP contribution >= 0.6 is 0 Å². The third-order valence-corrected chi connectivity index (χ3v) is 4.08. The van der Waals surface area contributed by atoms with Gasteiger partial charge in [0.25, 0.3) is 0 Å².